The van der Waals surface area contributed by atoms with Crippen LogP contribution in [0.4, 0.5) is 0 Å². The maximum atomic E-state index is 4.15. The van der Waals surface area contributed by atoms with Gasteiger partial charge in [-0.05, 0) is 5.25 Å². The summed E-state index contributed by atoms with van der Waals surface area (Å²) in [6, 6.07) is 0. The van der Waals surface area contributed by atoms with E-state index in [0.717, 1.165) is 6.32 Å². The van der Waals surface area contributed by atoms with E-state index in [-0.39, 0.29) is 0 Å². The van der Waals surface area contributed by atoms with E-state index < -0.39 is 0 Å². The van der Waals surface area contributed by atoms with E-state index in [1.807, 2.05) is 6.82 Å². The highest BCUT2D eigenvalue weighted by Gasteiger charge is 1.87. The van der Waals surface area contributed by atoms with Crippen molar-refractivity contribution in [3.63, 3.8) is 0 Å². The highest BCUT2D eigenvalue weighted by Crippen LogP contribution is 1.96. The Morgan fingerprint density at radius 1 is 1.83 bits per heavy atom. The van der Waals surface area contributed by atoms with Crippen molar-refractivity contribution in [3.8, 4) is 0 Å². The normalized spacial score (nSPS) is 13.8. The molecule has 0 nitrogen and oxygen atoms in total. The molecule has 1 atom stereocenters. The van der Waals surface area contributed by atoms with Gasteiger partial charge in [0.1, 0.15) is 7.28 Å². The van der Waals surface area contributed by atoms with Gasteiger partial charge in [0.2, 0.25) is 0 Å². The second-order valence-corrected chi connectivity index (χ2v) is 2.37. The average molecular weight is 101 g/mol. The summed E-state index contributed by atoms with van der Waals surface area (Å²) >= 11 is 4.15. The van der Waals surface area contributed by atoms with Crippen LogP contribution in [0.25, 0.3) is 0 Å². The lowest BCUT2D eigenvalue weighted by atomic mass is 9.77. The molecule has 0 saturated carbocycles. The summed E-state index contributed by atoms with van der Waals surface area (Å²) in [5, 5.41) is 0.537. The van der Waals surface area contributed by atoms with Gasteiger partial charge >= 0.3 is 0 Å². The van der Waals surface area contributed by atoms with Gasteiger partial charge < -0.3 is 0 Å². The van der Waals surface area contributed by atoms with Crippen molar-refractivity contribution in [3.05, 3.63) is 0 Å². The van der Waals surface area contributed by atoms with Crippen LogP contribution in [0.15, 0.2) is 0 Å². The number of thiol groups is 1. The van der Waals surface area contributed by atoms with E-state index in [1.165, 1.54) is 0 Å². The van der Waals surface area contributed by atoms with E-state index in [4.69, 9.17) is 0 Å². The van der Waals surface area contributed by atoms with Crippen LogP contribution in [-0.2, 0) is 0 Å². The third-order valence-electron chi connectivity index (χ3n) is 0.577. The van der Waals surface area contributed by atoms with Crippen molar-refractivity contribution >= 4 is 19.9 Å². The van der Waals surface area contributed by atoms with Crippen molar-refractivity contribution < 1.29 is 0 Å². The quantitative estimate of drug-likeness (QED) is 0.395. The zero-order valence-corrected chi connectivity index (χ0v) is 5.20. The van der Waals surface area contributed by atoms with Gasteiger partial charge in [-0.15, -0.1) is 0 Å². The molecule has 0 spiro atoms. The largest absolute Gasteiger partial charge is 0.177 e. The van der Waals surface area contributed by atoms with Gasteiger partial charge in [0, 0.05) is 0 Å². The minimum atomic E-state index is 0.537. The van der Waals surface area contributed by atoms with E-state index in [0.29, 0.717) is 5.25 Å². The molecule has 0 bridgehead atoms. The molecule has 0 saturated heterocycles. The molecule has 0 aliphatic heterocycles. The van der Waals surface area contributed by atoms with Crippen molar-refractivity contribution in [2.24, 2.45) is 0 Å². The average Bonchev–Trinajstić information content (AvgIpc) is 1.35. The number of hydrogen-bond acceptors (Lipinski definition) is 1. The Labute approximate surface area is 46.0 Å². The molecule has 0 aromatic rings. The monoisotopic (exact) mass is 101 g/mol. The third-order valence-corrected chi connectivity index (χ3v) is 0.788. The van der Waals surface area contributed by atoms with Crippen LogP contribution in [-0.4, -0.2) is 12.5 Å². The molecule has 0 aromatic carbocycles. The molecule has 6 heavy (non-hydrogen) atoms. The smallest absolute Gasteiger partial charge is 0.107 e. The predicted molar refractivity (Wildman–Crippen MR) is 34.9 cm³/mol. The summed E-state index contributed by atoms with van der Waals surface area (Å²) in [7, 11) is 2.12. The van der Waals surface area contributed by atoms with Gasteiger partial charge in [-0.1, -0.05) is 20.1 Å². The lowest BCUT2D eigenvalue weighted by molar-refractivity contribution is 1.11. The number of rotatable bonds is 2. The molecule has 35 valence electrons. The van der Waals surface area contributed by atoms with Gasteiger partial charge in [0.25, 0.3) is 0 Å². The van der Waals surface area contributed by atoms with Crippen LogP contribution in [0.3, 0.4) is 0 Å². The first-order valence-corrected chi connectivity index (χ1v) is 2.75. The molecule has 1 radical (unpaired) electrons. The first-order chi connectivity index (χ1) is 2.77. The Kier molecular flexibility index (Phi) is 3.85. The van der Waals surface area contributed by atoms with Gasteiger partial charge in [-0.3, -0.25) is 0 Å². The summed E-state index contributed by atoms with van der Waals surface area (Å²) in [5.41, 5.74) is 0. The zero-order valence-electron chi connectivity index (χ0n) is 4.31. The van der Waals surface area contributed by atoms with Gasteiger partial charge in [0.15, 0.2) is 0 Å². The summed E-state index contributed by atoms with van der Waals surface area (Å²) in [4.78, 5) is 0. The van der Waals surface area contributed by atoms with E-state index in [1.54, 1.807) is 0 Å². The van der Waals surface area contributed by atoms with Crippen molar-refractivity contribution in [1.82, 2.24) is 0 Å². The molecule has 0 rings (SSSR count). The van der Waals surface area contributed by atoms with E-state index >= 15 is 0 Å². The fourth-order valence-electron chi connectivity index (χ4n) is 0.341. The van der Waals surface area contributed by atoms with Crippen LogP contribution >= 0.6 is 12.6 Å². The van der Waals surface area contributed by atoms with Gasteiger partial charge in [-0.2, -0.15) is 12.6 Å². The maximum absolute atomic E-state index is 4.15. The highest BCUT2D eigenvalue weighted by molar-refractivity contribution is 7.81. The predicted octanol–water partition coefficient (Wildman–Crippen LogP) is 1.48. The lowest BCUT2D eigenvalue weighted by Gasteiger charge is -1.94. The van der Waals surface area contributed by atoms with Gasteiger partial charge in [0.05, 0.1) is 0 Å². The molecule has 0 fully saturated rings. The molecule has 0 amide bonds. The Morgan fingerprint density at radius 3 is 2.33 bits per heavy atom. The SMILES string of the molecule is C[B]CC(C)S. The van der Waals surface area contributed by atoms with Crippen molar-refractivity contribution in [2.45, 2.75) is 25.3 Å². The fourth-order valence-corrected chi connectivity index (χ4v) is 0.552. The Hall–Kier alpha value is 0.415. The molecular weight excluding hydrogens is 90.9 g/mol. The Morgan fingerprint density at radius 2 is 2.33 bits per heavy atom. The molecule has 0 aliphatic rings. The third kappa shape index (κ3) is 4.41. The standard InChI is InChI=1S/C4H10BS/c1-4(6)3-5-2/h4,6H,3H2,1-2H3. The fraction of sp³-hybridized carbons (Fsp3) is 1.00. The molecule has 0 N–H and O–H groups in total. The first-order valence-electron chi connectivity index (χ1n) is 2.23. The molecule has 0 heterocycles. The van der Waals surface area contributed by atoms with Crippen LogP contribution in [0.5, 0.6) is 0 Å². The Balaban J connectivity index is 2.63. The second-order valence-electron chi connectivity index (χ2n) is 1.49. The van der Waals surface area contributed by atoms with Crippen LogP contribution in [0.2, 0.25) is 13.1 Å². The summed E-state index contributed by atoms with van der Waals surface area (Å²) in [5.74, 6) is 0. The second kappa shape index (κ2) is 3.60. The number of hydrogen-bond donors (Lipinski definition) is 1. The summed E-state index contributed by atoms with van der Waals surface area (Å²) in [6.45, 7) is 4.13. The van der Waals surface area contributed by atoms with Gasteiger partial charge in [-0.25, -0.2) is 0 Å². The van der Waals surface area contributed by atoms with Crippen LogP contribution in [0, 0.1) is 0 Å². The molecule has 2 heteroatoms. The summed E-state index contributed by atoms with van der Waals surface area (Å²) < 4.78 is 0. The van der Waals surface area contributed by atoms with Crippen LogP contribution in [0.1, 0.15) is 6.92 Å². The maximum Gasteiger partial charge on any atom is 0.107 e. The Bertz CT molecular complexity index is 28.7. The van der Waals surface area contributed by atoms with E-state index in [9.17, 15) is 0 Å². The molecule has 0 aliphatic carbocycles. The first kappa shape index (κ1) is 6.41. The summed E-state index contributed by atoms with van der Waals surface area (Å²) in [6.07, 6.45) is 1.11. The molecule has 0 aromatic heterocycles. The highest BCUT2D eigenvalue weighted by atomic mass is 32.1. The minimum Gasteiger partial charge on any atom is -0.177 e. The topological polar surface area (TPSA) is 0 Å². The molecular formula is C4H10BS. The minimum absolute atomic E-state index is 0.537. The molecule has 1 unspecified atom stereocenters. The van der Waals surface area contributed by atoms with Crippen molar-refractivity contribution in [2.75, 3.05) is 0 Å². The zero-order chi connectivity index (χ0) is 4.99. The lowest BCUT2D eigenvalue weighted by Crippen LogP contribution is -1.92. The van der Waals surface area contributed by atoms with Crippen molar-refractivity contribution in [1.29, 1.82) is 0 Å². The van der Waals surface area contributed by atoms with E-state index in [2.05, 4.69) is 26.8 Å². The van der Waals surface area contributed by atoms with Crippen LogP contribution < -0.4 is 0 Å².